The van der Waals surface area contributed by atoms with Crippen LogP contribution in [0.2, 0.25) is 0 Å². The quantitative estimate of drug-likeness (QED) is 0.629. The van der Waals surface area contributed by atoms with E-state index in [1.807, 2.05) is 35.2 Å². The van der Waals surface area contributed by atoms with Gasteiger partial charge in [-0.25, -0.2) is 4.98 Å². The number of aliphatic hydroxyl groups is 1. The minimum atomic E-state index is -0.150. The Kier molecular flexibility index (Phi) is 5.06. The minimum Gasteiger partial charge on any atom is -0.394 e. The molecule has 0 unspecified atom stereocenters. The summed E-state index contributed by atoms with van der Waals surface area (Å²) < 4.78 is 0. The first-order valence-corrected chi connectivity index (χ1v) is 10.2. The Bertz CT molecular complexity index is 1160. The van der Waals surface area contributed by atoms with Crippen LogP contribution in [0, 0.1) is 17.8 Å². The topological polar surface area (TPSA) is 91.2 Å². The van der Waals surface area contributed by atoms with Crippen LogP contribution < -0.4 is 5.32 Å². The third-order valence-corrected chi connectivity index (χ3v) is 5.93. The standard InChI is InChI=1S/C24H21N5O2/c30-15-22-18-7-11-29(24(31)21-14-26-9-10-27-21)23(18)19-12-16(5-6-20(19)28-22)3-4-17-2-1-8-25-13-17/h1-2,5-6,8-10,12-14,18,22-23,28,30H,7,11,15H2/t18-,22-,23-/m1/s1. The SMILES string of the molecule is O=C(c1cnccn1)N1CC[C@@H]2[C@@H](CO)Nc3ccc(C#Cc4cccnc4)cc3[C@@H]21. The van der Waals surface area contributed by atoms with E-state index in [2.05, 4.69) is 32.1 Å². The number of carbonyl (C=O) groups is 1. The van der Waals surface area contributed by atoms with Crippen LogP contribution in [0.15, 0.2) is 61.3 Å². The minimum absolute atomic E-state index is 0.0103. The van der Waals surface area contributed by atoms with E-state index in [1.54, 1.807) is 18.6 Å². The largest absolute Gasteiger partial charge is 0.394 e. The van der Waals surface area contributed by atoms with E-state index in [4.69, 9.17) is 0 Å². The number of nitrogens with one attached hydrogen (secondary N) is 1. The molecule has 0 saturated carbocycles. The second kappa shape index (κ2) is 8.17. The highest BCUT2D eigenvalue weighted by molar-refractivity contribution is 5.92. The number of hydrogen-bond acceptors (Lipinski definition) is 6. The van der Waals surface area contributed by atoms with Gasteiger partial charge in [0.05, 0.1) is 24.9 Å². The molecule has 1 fully saturated rings. The summed E-state index contributed by atoms with van der Waals surface area (Å²) in [5, 5.41) is 13.4. The van der Waals surface area contributed by atoms with Crippen LogP contribution in [0.3, 0.4) is 0 Å². The molecule has 1 saturated heterocycles. The molecule has 1 amide bonds. The maximum Gasteiger partial charge on any atom is 0.274 e. The maximum absolute atomic E-state index is 13.2. The van der Waals surface area contributed by atoms with E-state index in [9.17, 15) is 9.90 Å². The zero-order valence-electron chi connectivity index (χ0n) is 16.8. The third kappa shape index (κ3) is 3.62. The first kappa shape index (κ1) is 19.2. The van der Waals surface area contributed by atoms with Crippen molar-refractivity contribution in [2.75, 3.05) is 18.5 Å². The van der Waals surface area contributed by atoms with Crippen LogP contribution in [0.4, 0.5) is 5.69 Å². The molecular weight excluding hydrogens is 390 g/mol. The molecule has 2 aliphatic heterocycles. The number of likely N-dealkylation sites (tertiary alicyclic amines) is 1. The summed E-state index contributed by atoms with van der Waals surface area (Å²) in [6.07, 6.45) is 8.83. The predicted molar refractivity (Wildman–Crippen MR) is 115 cm³/mol. The zero-order valence-corrected chi connectivity index (χ0v) is 16.8. The Morgan fingerprint density at radius 2 is 2.00 bits per heavy atom. The van der Waals surface area contributed by atoms with Crippen molar-refractivity contribution in [3.8, 4) is 11.8 Å². The van der Waals surface area contributed by atoms with Crippen molar-refractivity contribution in [3.63, 3.8) is 0 Å². The van der Waals surface area contributed by atoms with Crippen molar-refractivity contribution in [2.24, 2.45) is 5.92 Å². The lowest BCUT2D eigenvalue weighted by Crippen LogP contribution is -2.43. The molecule has 2 N–H and O–H groups in total. The molecule has 31 heavy (non-hydrogen) atoms. The van der Waals surface area contributed by atoms with Crippen molar-refractivity contribution >= 4 is 11.6 Å². The molecule has 1 aromatic carbocycles. The summed E-state index contributed by atoms with van der Waals surface area (Å²) in [6.45, 7) is 0.615. The number of pyridine rings is 1. The lowest BCUT2D eigenvalue weighted by Gasteiger charge is -2.39. The Morgan fingerprint density at radius 1 is 1.13 bits per heavy atom. The van der Waals surface area contributed by atoms with Gasteiger partial charge in [-0.15, -0.1) is 0 Å². The summed E-state index contributed by atoms with van der Waals surface area (Å²) in [7, 11) is 0. The summed E-state index contributed by atoms with van der Waals surface area (Å²) in [4.78, 5) is 27.4. The number of hydrogen-bond donors (Lipinski definition) is 2. The fourth-order valence-corrected chi connectivity index (χ4v) is 4.51. The third-order valence-electron chi connectivity index (χ3n) is 5.93. The number of fused-ring (bicyclic) bond motifs is 3. The summed E-state index contributed by atoms with van der Waals surface area (Å²) >= 11 is 0. The van der Waals surface area contributed by atoms with Gasteiger partial charge in [-0.2, -0.15) is 0 Å². The number of nitrogens with zero attached hydrogens (tertiary/aromatic N) is 4. The van der Waals surface area contributed by atoms with E-state index < -0.39 is 0 Å². The molecule has 5 rings (SSSR count). The number of aliphatic hydroxyl groups excluding tert-OH is 1. The smallest absolute Gasteiger partial charge is 0.274 e. The van der Waals surface area contributed by atoms with Gasteiger partial charge >= 0.3 is 0 Å². The first-order chi connectivity index (χ1) is 15.2. The van der Waals surface area contributed by atoms with Crippen LogP contribution in [0.5, 0.6) is 0 Å². The van der Waals surface area contributed by atoms with Gasteiger partial charge in [-0.1, -0.05) is 11.8 Å². The number of rotatable bonds is 2. The highest BCUT2D eigenvalue weighted by atomic mass is 16.3. The van der Waals surface area contributed by atoms with Crippen LogP contribution in [0.25, 0.3) is 0 Å². The molecule has 4 heterocycles. The average Bonchev–Trinajstić information content (AvgIpc) is 3.28. The molecular formula is C24H21N5O2. The molecule has 154 valence electrons. The monoisotopic (exact) mass is 411 g/mol. The fourth-order valence-electron chi connectivity index (χ4n) is 4.51. The zero-order chi connectivity index (χ0) is 21.2. The van der Waals surface area contributed by atoms with Crippen molar-refractivity contribution in [3.05, 3.63) is 83.7 Å². The second-order valence-corrected chi connectivity index (χ2v) is 7.71. The van der Waals surface area contributed by atoms with Crippen LogP contribution in [0.1, 0.15) is 39.6 Å². The highest BCUT2D eigenvalue weighted by Gasteiger charge is 2.46. The molecule has 3 atom stereocenters. The lowest BCUT2D eigenvalue weighted by atomic mass is 9.82. The molecule has 2 aliphatic rings. The summed E-state index contributed by atoms with van der Waals surface area (Å²) in [5.41, 5.74) is 3.98. The molecule has 0 radical (unpaired) electrons. The van der Waals surface area contributed by atoms with Gasteiger partial charge in [0.1, 0.15) is 5.69 Å². The molecule has 0 bridgehead atoms. The van der Waals surface area contributed by atoms with Gasteiger partial charge < -0.3 is 15.3 Å². The number of benzene rings is 1. The van der Waals surface area contributed by atoms with E-state index in [-0.39, 0.29) is 30.5 Å². The summed E-state index contributed by atoms with van der Waals surface area (Å²) in [5.74, 6) is 6.30. The maximum atomic E-state index is 13.2. The second-order valence-electron chi connectivity index (χ2n) is 7.71. The number of carbonyl (C=O) groups excluding carboxylic acids is 1. The molecule has 7 nitrogen and oxygen atoms in total. The molecule has 3 aromatic rings. The van der Waals surface area contributed by atoms with Crippen molar-refractivity contribution in [1.29, 1.82) is 0 Å². The molecule has 0 spiro atoms. The normalized spacial score (nSPS) is 21.3. The predicted octanol–water partition coefficient (Wildman–Crippen LogP) is 2.26. The molecule has 2 aromatic heterocycles. The Morgan fingerprint density at radius 3 is 2.77 bits per heavy atom. The Labute approximate surface area is 180 Å². The van der Waals surface area contributed by atoms with Crippen molar-refractivity contribution < 1.29 is 9.90 Å². The number of anilines is 1. The Hall–Kier alpha value is -3.76. The van der Waals surface area contributed by atoms with Gasteiger partial charge in [0, 0.05) is 54.1 Å². The van der Waals surface area contributed by atoms with E-state index in [0.717, 1.165) is 28.8 Å². The van der Waals surface area contributed by atoms with Gasteiger partial charge in [0.15, 0.2) is 0 Å². The van der Waals surface area contributed by atoms with Crippen LogP contribution in [-0.2, 0) is 0 Å². The summed E-state index contributed by atoms with van der Waals surface area (Å²) in [6, 6.07) is 9.49. The van der Waals surface area contributed by atoms with Crippen molar-refractivity contribution in [2.45, 2.75) is 18.5 Å². The van der Waals surface area contributed by atoms with Crippen LogP contribution in [-0.4, -0.2) is 50.1 Å². The first-order valence-electron chi connectivity index (χ1n) is 10.2. The van der Waals surface area contributed by atoms with Gasteiger partial charge in [0.25, 0.3) is 5.91 Å². The lowest BCUT2D eigenvalue weighted by molar-refractivity contribution is 0.0694. The number of amides is 1. The van der Waals surface area contributed by atoms with E-state index in [1.165, 1.54) is 12.4 Å². The Balaban J connectivity index is 1.52. The fraction of sp³-hybridized carbons (Fsp3) is 0.250. The average molecular weight is 411 g/mol. The van der Waals surface area contributed by atoms with Gasteiger partial charge in [0.2, 0.25) is 0 Å². The van der Waals surface area contributed by atoms with Gasteiger partial charge in [-0.05, 0) is 42.3 Å². The highest BCUT2D eigenvalue weighted by Crippen LogP contribution is 2.46. The van der Waals surface area contributed by atoms with E-state index >= 15 is 0 Å². The number of aromatic nitrogens is 3. The van der Waals surface area contributed by atoms with Crippen LogP contribution >= 0.6 is 0 Å². The molecule has 7 heteroatoms. The van der Waals surface area contributed by atoms with Gasteiger partial charge in [-0.3, -0.25) is 14.8 Å². The molecule has 0 aliphatic carbocycles. The van der Waals surface area contributed by atoms with Crippen molar-refractivity contribution in [1.82, 2.24) is 19.9 Å². The van der Waals surface area contributed by atoms with E-state index in [0.29, 0.717) is 12.2 Å².